The molecule has 4 aromatic rings. The summed E-state index contributed by atoms with van der Waals surface area (Å²) in [7, 11) is 0. The topological polar surface area (TPSA) is 74.4 Å². The molecule has 3 aromatic heterocycles. The number of pyridine rings is 1. The zero-order valence-corrected chi connectivity index (χ0v) is 9.27. The van der Waals surface area contributed by atoms with E-state index in [0.717, 1.165) is 21.8 Å². The summed E-state index contributed by atoms with van der Waals surface area (Å²) in [5.74, 6) is 0. The fourth-order valence-electron chi connectivity index (χ4n) is 2.38. The highest BCUT2D eigenvalue weighted by atomic mass is 16.1. The average molecular weight is 236 g/mol. The highest BCUT2D eigenvalue weighted by Gasteiger charge is 2.10. The largest absolute Gasteiger partial charge is 0.325 e. The first-order valence-corrected chi connectivity index (χ1v) is 5.57. The third-order valence-electron chi connectivity index (χ3n) is 3.15. The van der Waals surface area contributed by atoms with Crippen LogP contribution in [0.2, 0.25) is 0 Å². The minimum absolute atomic E-state index is 0.0994. The van der Waals surface area contributed by atoms with Crippen LogP contribution in [0.1, 0.15) is 0 Å². The van der Waals surface area contributed by atoms with Gasteiger partial charge in [0.05, 0.1) is 0 Å². The van der Waals surface area contributed by atoms with Crippen LogP contribution in [-0.4, -0.2) is 19.9 Å². The van der Waals surface area contributed by atoms with Crippen LogP contribution in [0.4, 0.5) is 0 Å². The van der Waals surface area contributed by atoms with Crippen LogP contribution in [0.3, 0.4) is 0 Å². The number of nitrogens with zero attached hydrogens (tertiary/aromatic N) is 2. The molecule has 5 nitrogen and oxygen atoms in total. The van der Waals surface area contributed by atoms with Crippen molar-refractivity contribution in [1.29, 1.82) is 0 Å². The molecule has 0 saturated heterocycles. The lowest BCUT2D eigenvalue weighted by atomic mass is 10.1. The highest BCUT2D eigenvalue weighted by molar-refractivity contribution is 6.17. The van der Waals surface area contributed by atoms with Gasteiger partial charge in [-0.05, 0) is 11.5 Å². The Kier molecular flexibility index (Phi) is 1.64. The van der Waals surface area contributed by atoms with E-state index in [-0.39, 0.29) is 5.56 Å². The molecule has 0 spiro atoms. The molecule has 0 amide bonds. The van der Waals surface area contributed by atoms with Gasteiger partial charge in [0.25, 0.3) is 5.56 Å². The maximum Gasteiger partial charge on any atom is 0.257 e. The summed E-state index contributed by atoms with van der Waals surface area (Å²) >= 11 is 0. The summed E-state index contributed by atoms with van der Waals surface area (Å²) in [6, 6.07) is 7.53. The van der Waals surface area contributed by atoms with Crippen molar-refractivity contribution in [2.24, 2.45) is 0 Å². The Balaban J connectivity index is 2.43. The van der Waals surface area contributed by atoms with Crippen LogP contribution < -0.4 is 5.56 Å². The van der Waals surface area contributed by atoms with Crippen molar-refractivity contribution < 1.29 is 0 Å². The Morgan fingerprint density at radius 2 is 1.83 bits per heavy atom. The van der Waals surface area contributed by atoms with Crippen molar-refractivity contribution in [2.45, 2.75) is 0 Å². The second-order valence-corrected chi connectivity index (χ2v) is 4.16. The Bertz CT molecular complexity index is 951. The Labute approximate surface area is 101 Å². The number of aromatic amines is 2. The normalized spacial score (nSPS) is 11.6. The first kappa shape index (κ1) is 9.35. The first-order chi connectivity index (χ1) is 8.84. The summed E-state index contributed by atoms with van der Waals surface area (Å²) in [5, 5.41) is 3.47. The van der Waals surface area contributed by atoms with Crippen LogP contribution in [0, 0.1) is 0 Å². The molecule has 0 aliphatic heterocycles. The Hall–Kier alpha value is -2.69. The molecule has 0 atom stereocenters. The second-order valence-electron chi connectivity index (χ2n) is 4.16. The quantitative estimate of drug-likeness (QED) is 0.490. The van der Waals surface area contributed by atoms with E-state index in [1.807, 2.05) is 24.3 Å². The van der Waals surface area contributed by atoms with E-state index in [2.05, 4.69) is 19.9 Å². The van der Waals surface area contributed by atoms with Gasteiger partial charge in [-0.1, -0.05) is 18.2 Å². The molecule has 18 heavy (non-hydrogen) atoms. The lowest BCUT2D eigenvalue weighted by Gasteiger charge is -1.98. The molecule has 4 rings (SSSR count). The van der Waals surface area contributed by atoms with Gasteiger partial charge in [0.1, 0.15) is 17.6 Å². The smallest absolute Gasteiger partial charge is 0.257 e. The summed E-state index contributed by atoms with van der Waals surface area (Å²) in [6.07, 6.45) is 3.24. The van der Waals surface area contributed by atoms with E-state index < -0.39 is 0 Å². The van der Waals surface area contributed by atoms with Gasteiger partial charge in [-0.2, -0.15) is 0 Å². The molecule has 0 saturated carbocycles. The van der Waals surface area contributed by atoms with E-state index >= 15 is 0 Å². The van der Waals surface area contributed by atoms with Crippen molar-refractivity contribution in [3.05, 3.63) is 47.1 Å². The van der Waals surface area contributed by atoms with Gasteiger partial charge in [-0.3, -0.25) is 4.79 Å². The number of fused-ring (bicyclic) bond motifs is 5. The molecule has 1 aromatic carbocycles. The first-order valence-electron chi connectivity index (χ1n) is 5.57. The molecular formula is C13H8N4O. The minimum atomic E-state index is -0.0994. The van der Waals surface area contributed by atoms with Crippen molar-refractivity contribution in [1.82, 2.24) is 19.9 Å². The van der Waals surface area contributed by atoms with Crippen LogP contribution in [0.15, 0.2) is 41.6 Å². The van der Waals surface area contributed by atoms with Gasteiger partial charge >= 0.3 is 0 Å². The second kappa shape index (κ2) is 3.16. The summed E-state index contributed by atoms with van der Waals surface area (Å²) in [5.41, 5.74) is 1.32. The zero-order valence-electron chi connectivity index (χ0n) is 9.27. The summed E-state index contributed by atoms with van der Waals surface area (Å²) < 4.78 is 0. The maximum atomic E-state index is 12.0. The monoisotopic (exact) mass is 236 g/mol. The molecule has 2 N–H and O–H groups in total. The number of hydrogen-bond acceptors (Lipinski definition) is 3. The van der Waals surface area contributed by atoms with Crippen LogP contribution in [0.25, 0.3) is 32.8 Å². The van der Waals surface area contributed by atoms with Crippen LogP contribution in [0.5, 0.6) is 0 Å². The van der Waals surface area contributed by atoms with Crippen molar-refractivity contribution in [3.8, 4) is 0 Å². The number of H-pyrrole nitrogens is 2. The fourth-order valence-corrected chi connectivity index (χ4v) is 2.38. The minimum Gasteiger partial charge on any atom is -0.325 e. The number of hydrogen-bond donors (Lipinski definition) is 2. The van der Waals surface area contributed by atoms with Gasteiger partial charge in [-0.15, -0.1) is 0 Å². The average Bonchev–Trinajstić information content (AvgIpc) is 2.77. The molecule has 0 fully saturated rings. The third-order valence-corrected chi connectivity index (χ3v) is 3.15. The van der Waals surface area contributed by atoms with E-state index in [0.29, 0.717) is 11.0 Å². The molecule has 0 aliphatic carbocycles. The molecule has 5 heteroatoms. The van der Waals surface area contributed by atoms with E-state index in [1.165, 1.54) is 6.33 Å². The maximum absolute atomic E-state index is 12.0. The van der Waals surface area contributed by atoms with Crippen molar-refractivity contribution >= 4 is 32.8 Å². The Morgan fingerprint density at radius 3 is 2.72 bits per heavy atom. The van der Waals surface area contributed by atoms with Crippen LogP contribution >= 0.6 is 0 Å². The van der Waals surface area contributed by atoms with E-state index in [9.17, 15) is 4.79 Å². The Morgan fingerprint density at radius 1 is 1.00 bits per heavy atom. The van der Waals surface area contributed by atoms with Gasteiger partial charge < -0.3 is 9.97 Å². The molecule has 86 valence electrons. The fraction of sp³-hybridized carbons (Fsp3) is 0. The van der Waals surface area contributed by atoms with Gasteiger partial charge in [0.2, 0.25) is 0 Å². The molecule has 0 radical (unpaired) electrons. The zero-order chi connectivity index (χ0) is 12.1. The number of nitrogens with one attached hydrogen (secondary N) is 2. The van der Waals surface area contributed by atoms with Crippen molar-refractivity contribution in [2.75, 3.05) is 0 Å². The molecule has 0 aliphatic rings. The number of aromatic nitrogens is 4. The van der Waals surface area contributed by atoms with E-state index in [4.69, 9.17) is 0 Å². The predicted octanol–water partition coefficient (Wildman–Crippen LogP) is 1.95. The molecule has 3 heterocycles. The molecule has 0 bridgehead atoms. The summed E-state index contributed by atoms with van der Waals surface area (Å²) in [4.78, 5) is 26.1. The van der Waals surface area contributed by atoms with Gasteiger partial charge in [-0.25, -0.2) is 9.97 Å². The predicted molar refractivity (Wildman–Crippen MR) is 69.5 cm³/mol. The number of benzene rings is 1. The number of rotatable bonds is 0. The van der Waals surface area contributed by atoms with Gasteiger partial charge in [0, 0.05) is 22.4 Å². The van der Waals surface area contributed by atoms with Crippen LogP contribution in [-0.2, 0) is 0 Å². The van der Waals surface area contributed by atoms with Crippen molar-refractivity contribution in [3.63, 3.8) is 0 Å². The standard InChI is InChI=1S/C13H8N4O/c18-13-8-4-2-1-3-7(8)10-9-5-14-6-15-11(9)16-12(10)17-13/h1-6H,(H2,14,15,16,17,18). The lowest BCUT2D eigenvalue weighted by molar-refractivity contribution is 1.20. The molecule has 0 unspecified atom stereocenters. The van der Waals surface area contributed by atoms with E-state index in [1.54, 1.807) is 6.20 Å². The lowest BCUT2D eigenvalue weighted by Crippen LogP contribution is -2.05. The van der Waals surface area contributed by atoms with Gasteiger partial charge in [0.15, 0.2) is 0 Å². The SMILES string of the molecule is O=c1[nH]c2[nH]c3ncncc3c2c2ccccc12. The third kappa shape index (κ3) is 1.08. The highest BCUT2D eigenvalue weighted by Crippen LogP contribution is 2.27. The summed E-state index contributed by atoms with van der Waals surface area (Å²) in [6.45, 7) is 0. The molecular weight excluding hydrogens is 228 g/mol.